The number of rotatable bonds is 4. The molecule has 1 heterocycles. The molecule has 0 fully saturated rings. The number of aromatic carboxylic acids is 1. The average molecular weight is 298 g/mol. The largest absolute Gasteiger partial charge is 0.478 e. The summed E-state index contributed by atoms with van der Waals surface area (Å²) in [6, 6.07) is 5.27. The predicted molar refractivity (Wildman–Crippen MR) is 74.0 cm³/mol. The summed E-state index contributed by atoms with van der Waals surface area (Å²) in [5.41, 5.74) is 1.32. The molecule has 0 saturated heterocycles. The van der Waals surface area contributed by atoms with Crippen LogP contribution >= 0.6 is 34.9 Å². The standard InChI is InChI=1S/C11H10N2O2S3/c1-6-3-4-7(9(14)15)8(5-6)17-11-13-12-10(16-2)18-11/h3-5H,1-2H3,(H,14,15). The molecule has 2 aromatic rings. The van der Waals surface area contributed by atoms with Gasteiger partial charge in [-0.25, -0.2) is 4.79 Å². The Bertz CT molecular complexity index is 583. The fourth-order valence-corrected chi connectivity index (χ4v) is 3.92. The second kappa shape index (κ2) is 5.73. The van der Waals surface area contributed by atoms with E-state index >= 15 is 0 Å². The molecule has 1 aromatic heterocycles. The number of hydrogen-bond donors (Lipinski definition) is 1. The Hall–Kier alpha value is -1.05. The van der Waals surface area contributed by atoms with Crippen LogP contribution in [0.4, 0.5) is 0 Å². The number of aryl methyl sites for hydroxylation is 1. The van der Waals surface area contributed by atoms with E-state index in [4.69, 9.17) is 5.11 Å². The van der Waals surface area contributed by atoms with Gasteiger partial charge in [-0.05, 0) is 30.9 Å². The van der Waals surface area contributed by atoms with Gasteiger partial charge in [-0.3, -0.25) is 0 Å². The molecule has 0 aliphatic rings. The van der Waals surface area contributed by atoms with Crippen LogP contribution < -0.4 is 0 Å². The molecule has 0 saturated carbocycles. The first-order chi connectivity index (χ1) is 8.60. The highest BCUT2D eigenvalue weighted by molar-refractivity contribution is 8.03. The summed E-state index contributed by atoms with van der Waals surface area (Å²) in [4.78, 5) is 11.8. The summed E-state index contributed by atoms with van der Waals surface area (Å²) >= 11 is 4.34. The second-order valence-corrected chi connectivity index (χ2v) is 6.76. The van der Waals surface area contributed by atoms with Crippen LogP contribution in [0, 0.1) is 6.92 Å². The molecule has 0 atom stereocenters. The fraction of sp³-hybridized carbons (Fsp3) is 0.182. The highest BCUT2D eigenvalue weighted by atomic mass is 32.2. The number of carboxylic acids is 1. The smallest absolute Gasteiger partial charge is 0.336 e. The van der Waals surface area contributed by atoms with Crippen molar-refractivity contribution in [3.8, 4) is 0 Å². The van der Waals surface area contributed by atoms with E-state index in [1.807, 2.05) is 19.2 Å². The molecular formula is C11H10N2O2S3. The highest BCUT2D eigenvalue weighted by Gasteiger charge is 2.13. The van der Waals surface area contributed by atoms with Crippen LogP contribution in [0.2, 0.25) is 0 Å². The molecule has 94 valence electrons. The molecule has 0 aliphatic carbocycles. The van der Waals surface area contributed by atoms with Crippen LogP contribution in [0.5, 0.6) is 0 Å². The van der Waals surface area contributed by atoms with Crippen LogP contribution in [0.1, 0.15) is 15.9 Å². The quantitative estimate of drug-likeness (QED) is 0.873. The summed E-state index contributed by atoms with van der Waals surface area (Å²) in [5.74, 6) is -0.924. The first kappa shape index (κ1) is 13.4. The van der Waals surface area contributed by atoms with Crippen molar-refractivity contribution in [1.82, 2.24) is 10.2 Å². The van der Waals surface area contributed by atoms with Gasteiger partial charge in [0.2, 0.25) is 0 Å². The van der Waals surface area contributed by atoms with Crippen LogP contribution in [0.3, 0.4) is 0 Å². The summed E-state index contributed by atoms with van der Waals surface area (Å²) < 4.78 is 1.63. The van der Waals surface area contributed by atoms with E-state index in [-0.39, 0.29) is 0 Å². The highest BCUT2D eigenvalue weighted by Crippen LogP contribution is 2.35. The van der Waals surface area contributed by atoms with Crippen molar-refractivity contribution in [3.63, 3.8) is 0 Å². The third-order valence-electron chi connectivity index (χ3n) is 2.13. The zero-order valence-corrected chi connectivity index (χ0v) is 12.2. The molecule has 0 spiro atoms. The minimum Gasteiger partial charge on any atom is -0.478 e. The van der Waals surface area contributed by atoms with Crippen molar-refractivity contribution in [2.24, 2.45) is 0 Å². The second-order valence-electron chi connectivity index (χ2n) is 3.44. The summed E-state index contributed by atoms with van der Waals surface area (Å²) in [6.45, 7) is 1.93. The van der Waals surface area contributed by atoms with Gasteiger partial charge in [0.05, 0.1) is 5.56 Å². The van der Waals surface area contributed by atoms with Gasteiger partial charge in [0.25, 0.3) is 0 Å². The summed E-state index contributed by atoms with van der Waals surface area (Å²) in [6.07, 6.45) is 1.93. The molecule has 0 radical (unpaired) electrons. The van der Waals surface area contributed by atoms with Gasteiger partial charge in [0, 0.05) is 4.90 Å². The van der Waals surface area contributed by atoms with E-state index in [2.05, 4.69) is 10.2 Å². The van der Waals surface area contributed by atoms with Gasteiger partial charge < -0.3 is 5.11 Å². The molecule has 7 heteroatoms. The lowest BCUT2D eigenvalue weighted by Gasteiger charge is -2.04. The molecule has 0 aliphatic heterocycles. The first-order valence-electron chi connectivity index (χ1n) is 4.99. The fourth-order valence-electron chi connectivity index (χ4n) is 1.31. The number of thioether (sulfide) groups is 1. The Labute approximate surface area is 117 Å². The minimum absolute atomic E-state index is 0.298. The number of aromatic nitrogens is 2. The Morgan fingerprint density at radius 3 is 2.67 bits per heavy atom. The lowest BCUT2D eigenvalue weighted by molar-refractivity contribution is 0.0693. The van der Waals surface area contributed by atoms with Crippen molar-refractivity contribution in [2.45, 2.75) is 20.5 Å². The van der Waals surface area contributed by atoms with Crippen LogP contribution in [-0.2, 0) is 0 Å². The third kappa shape index (κ3) is 3.04. The van der Waals surface area contributed by atoms with E-state index in [0.29, 0.717) is 10.5 Å². The van der Waals surface area contributed by atoms with Gasteiger partial charge in [0.1, 0.15) is 0 Å². The van der Waals surface area contributed by atoms with Gasteiger partial charge in [-0.1, -0.05) is 40.9 Å². The van der Waals surface area contributed by atoms with Gasteiger partial charge in [-0.15, -0.1) is 10.2 Å². The van der Waals surface area contributed by atoms with Crippen LogP contribution in [0.15, 0.2) is 31.8 Å². The van der Waals surface area contributed by atoms with Crippen molar-refractivity contribution in [3.05, 3.63) is 29.3 Å². The number of hydrogen-bond acceptors (Lipinski definition) is 6. The molecule has 0 amide bonds. The number of carboxylic acid groups (broad SMARTS) is 1. The summed E-state index contributed by atoms with van der Waals surface area (Å²) in [5, 5.41) is 17.2. The topological polar surface area (TPSA) is 63.1 Å². The zero-order valence-electron chi connectivity index (χ0n) is 9.71. The van der Waals surface area contributed by atoms with Crippen LogP contribution in [-0.4, -0.2) is 27.5 Å². The lowest BCUT2D eigenvalue weighted by Crippen LogP contribution is -1.98. The summed E-state index contributed by atoms with van der Waals surface area (Å²) in [7, 11) is 0. The lowest BCUT2D eigenvalue weighted by atomic mass is 10.1. The van der Waals surface area contributed by atoms with Gasteiger partial charge >= 0.3 is 5.97 Å². The minimum atomic E-state index is -0.924. The molecule has 0 bridgehead atoms. The maximum atomic E-state index is 11.1. The number of carbonyl (C=O) groups is 1. The third-order valence-corrected chi connectivity index (χ3v) is 5.13. The molecule has 1 aromatic carbocycles. The monoisotopic (exact) mass is 298 g/mol. The van der Waals surface area contributed by atoms with Crippen molar-refractivity contribution >= 4 is 40.8 Å². The maximum absolute atomic E-state index is 11.1. The molecular weight excluding hydrogens is 288 g/mol. The van der Waals surface area contributed by atoms with Crippen molar-refractivity contribution < 1.29 is 9.90 Å². The van der Waals surface area contributed by atoms with E-state index in [1.54, 1.807) is 12.1 Å². The Balaban J connectivity index is 2.32. The van der Waals surface area contributed by atoms with E-state index < -0.39 is 5.97 Å². The molecule has 1 N–H and O–H groups in total. The normalized spacial score (nSPS) is 10.6. The molecule has 18 heavy (non-hydrogen) atoms. The molecule has 4 nitrogen and oxygen atoms in total. The maximum Gasteiger partial charge on any atom is 0.336 e. The van der Waals surface area contributed by atoms with E-state index in [0.717, 1.165) is 14.2 Å². The first-order valence-corrected chi connectivity index (χ1v) is 7.85. The molecule has 2 rings (SSSR count). The number of benzene rings is 1. The van der Waals surface area contributed by atoms with Crippen molar-refractivity contribution in [1.29, 1.82) is 0 Å². The van der Waals surface area contributed by atoms with Gasteiger partial charge in [0.15, 0.2) is 8.68 Å². The SMILES string of the molecule is CSc1nnc(Sc2cc(C)ccc2C(=O)O)s1. The predicted octanol–water partition coefficient (Wildman–Crippen LogP) is 3.42. The van der Waals surface area contributed by atoms with Gasteiger partial charge in [-0.2, -0.15) is 0 Å². The average Bonchev–Trinajstić information content (AvgIpc) is 2.76. The Kier molecular flexibility index (Phi) is 4.26. The van der Waals surface area contributed by atoms with E-state index in [1.165, 1.54) is 34.9 Å². The van der Waals surface area contributed by atoms with E-state index in [9.17, 15) is 4.79 Å². The number of nitrogens with zero attached hydrogens (tertiary/aromatic N) is 2. The Morgan fingerprint density at radius 2 is 2.06 bits per heavy atom. The zero-order chi connectivity index (χ0) is 13.1. The van der Waals surface area contributed by atoms with Crippen molar-refractivity contribution in [2.75, 3.05) is 6.26 Å². The molecule has 0 unspecified atom stereocenters. The Morgan fingerprint density at radius 1 is 1.33 bits per heavy atom. The van der Waals surface area contributed by atoms with Crippen LogP contribution in [0.25, 0.3) is 0 Å².